The number of carbonyl (C=O) groups is 1. The normalized spacial score (nSPS) is 25.9. The lowest BCUT2D eigenvalue weighted by molar-refractivity contribution is -0.120. The molecule has 0 N–H and O–H groups in total. The second-order valence-electron chi connectivity index (χ2n) is 6.36. The van der Waals surface area contributed by atoms with Gasteiger partial charge >= 0.3 is 0 Å². The summed E-state index contributed by atoms with van der Waals surface area (Å²) in [7, 11) is 0. The molecule has 4 rings (SSSR count). The average Bonchev–Trinajstić information content (AvgIpc) is 3.24. The van der Waals surface area contributed by atoms with Gasteiger partial charge in [0.2, 0.25) is 0 Å². The van der Waals surface area contributed by atoms with Gasteiger partial charge in [0.05, 0.1) is 5.69 Å². The topological polar surface area (TPSA) is 30.0 Å². The number of hydrogen-bond acceptors (Lipinski definition) is 2. The third kappa shape index (κ3) is 2.10. The van der Waals surface area contributed by atoms with Gasteiger partial charge < -0.3 is 0 Å². The van der Waals surface area contributed by atoms with E-state index in [0.29, 0.717) is 24.0 Å². The molecule has 2 aromatic rings. The number of rotatable bonds is 3. The summed E-state index contributed by atoms with van der Waals surface area (Å²) in [4.78, 5) is 17.0. The van der Waals surface area contributed by atoms with Gasteiger partial charge in [0.15, 0.2) is 0 Å². The van der Waals surface area contributed by atoms with Crippen LogP contribution >= 0.6 is 0 Å². The van der Waals surface area contributed by atoms with Gasteiger partial charge in [0.25, 0.3) is 0 Å². The van der Waals surface area contributed by atoms with Crippen molar-refractivity contribution >= 4 is 5.78 Å². The molecule has 2 aliphatic carbocycles. The summed E-state index contributed by atoms with van der Waals surface area (Å²) in [6.07, 6.45) is 4.57. The fourth-order valence-corrected chi connectivity index (χ4v) is 3.99. The minimum absolute atomic E-state index is 0.232. The number of hydrogen-bond donors (Lipinski definition) is 0. The van der Waals surface area contributed by atoms with Gasteiger partial charge in [0, 0.05) is 18.5 Å². The van der Waals surface area contributed by atoms with E-state index in [1.165, 1.54) is 17.5 Å². The zero-order valence-electron chi connectivity index (χ0n) is 12.3. The summed E-state index contributed by atoms with van der Waals surface area (Å²) >= 11 is 0. The van der Waals surface area contributed by atoms with Gasteiger partial charge in [-0.05, 0) is 54.4 Å². The summed E-state index contributed by atoms with van der Waals surface area (Å²) in [5.74, 6) is 1.67. The molecule has 1 heterocycles. The van der Waals surface area contributed by atoms with E-state index in [1.54, 1.807) is 6.20 Å². The number of ketones is 1. The monoisotopic (exact) mass is 277 g/mol. The summed E-state index contributed by atoms with van der Waals surface area (Å²) in [6, 6.07) is 12.6. The lowest BCUT2D eigenvalue weighted by Crippen LogP contribution is -2.09. The van der Waals surface area contributed by atoms with Crippen LogP contribution in [0.2, 0.25) is 0 Å². The molecular formula is C19H19NO. The second-order valence-corrected chi connectivity index (χ2v) is 6.36. The molecule has 3 unspecified atom stereocenters. The molecule has 1 saturated carbocycles. The van der Waals surface area contributed by atoms with E-state index in [0.717, 1.165) is 17.7 Å². The predicted octanol–water partition coefficient (Wildman–Crippen LogP) is 3.48. The molecule has 0 bridgehead atoms. The van der Waals surface area contributed by atoms with E-state index < -0.39 is 0 Å². The number of Topliss-reactive ketones (excluding diaryl/α,β-unsaturated/α-hetero) is 1. The second kappa shape index (κ2) is 4.80. The van der Waals surface area contributed by atoms with Crippen molar-refractivity contribution in [3.63, 3.8) is 0 Å². The first-order chi connectivity index (χ1) is 10.3. The van der Waals surface area contributed by atoms with Crippen LogP contribution in [0.5, 0.6) is 0 Å². The van der Waals surface area contributed by atoms with Gasteiger partial charge in [-0.3, -0.25) is 9.78 Å². The summed E-state index contributed by atoms with van der Waals surface area (Å²) in [6.45, 7) is 2.03. The standard InChI is InChI=1S/C19H19NO/c1-12-5-4-10-20-16(12)11-17(21)19-15-9-8-13-6-2-3-7-14(13)18(15)19/h2-7,10,15,18-19H,8-9,11H2,1H3. The fraction of sp³-hybridized carbons (Fsp3) is 0.368. The molecule has 2 aliphatic rings. The van der Waals surface area contributed by atoms with Crippen LogP contribution in [0.15, 0.2) is 42.6 Å². The number of benzene rings is 1. The van der Waals surface area contributed by atoms with Crippen molar-refractivity contribution in [2.75, 3.05) is 0 Å². The van der Waals surface area contributed by atoms with Crippen molar-refractivity contribution in [3.8, 4) is 0 Å². The van der Waals surface area contributed by atoms with Crippen molar-refractivity contribution in [3.05, 3.63) is 65.0 Å². The van der Waals surface area contributed by atoms with Crippen LogP contribution in [0.25, 0.3) is 0 Å². The van der Waals surface area contributed by atoms with Crippen molar-refractivity contribution < 1.29 is 4.79 Å². The number of nitrogens with zero attached hydrogens (tertiary/aromatic N) is 1. The largest absolute Gasteiger partial charge is 0.299 e. The van der Waals surface area contributed by atoms with E-state index in [-0.39, 0.29) is 5.92 Å². The maximum atomic E-state index is 12.7. The van der Waals surface area contributed by atoms with Gasteiger partial charge in [-0.15, -0.1) is 0 Å². The van der Waals surface area contributed by atoms with E-state index in [1.807, 2.05) is 19.1 Å². The zero-order chi connectivity index (χ0) is 14.4. The molecule has 1 aromatic carbocycles. The molecular weight excluding hydrogens is 258 g/mol. The SMILES string of the molecule is Cc1cccnc1CC(=O)C1C2CCc3ccccc3C21. The van der Waals surface area contributed by atoms with Gasteiger partial charge in [0.1, 0.15) is 5.78 Å². The molecule has 1 fully saturated rings. The van der Waals surface area contributed by atoms with E-state index in [4.69, 9.17) is 0 Å². The predicted molar refractivity (Wildman–Crippen MR) is 82.2 cm³/mol. The number of aromatic nitrogens is 1. The first-order valence-electron chi connectivity index (χ1n) is 7.76. The van der Waals surface area contributed by atoms with Crippen molar-refractivity contribution in [1.82, 2.24) is 4.98 Å². The van der Waals surface area contributed by atoms with Crippen molar-refractivity contribution in [2.45, 2.75) is 32.1 Å². The molecule has 0 saturated heterocycles. The number of aryl methyl sites for hydroxylation is 2. The number of fused-ring (bicyclic) bond motifs is 3. The number of carbonyl (C=O) groups excluding carboxylic acids is 1. The molecule has 0 spiro atoms. The van der Waals surface area contributed by atoms with Crippen LogP contribution in [0.3, 0.4) is 0 Å². The zero-order valence-corrected chi connectivity index (χ0v) is 12.3. The first-order valence-corrected chi connectivity index (χ1v) is 7.76. The third-order valence-corrected chi connectivity index (χ3v) is 5.16. The Balaban J connectivity index is 1.55. The highest BCUT2D eigenvalue weighted by Crippen LogP contribution is 2.60. The van der Waals surface area contributed by atoms with E-state index in [2.05, 4.69) is 29.2 Å². The Morgan fingerprint density at radius 1 is 1.24 bits per heavy atom. The van der Waals surface area contributed by atoms with E-state index in [9.17, 15) is 4.79 Å². The molecule has 3 atom stereocenters. The third-order valence-electron chi connectivity index (χ3n) is 5.16. The molecule has 2 heteroatoms. The molecule has 0 radical (unpaired) electrons. The van der Waals surface area contributed by atoms with Crippen LogP contribution in [0.1, 0.15) is 34.7 Å². The Bertz CT molecular complexity index is 706. The smallest absolute Gasteiger partial charge is 0.142 e. The Morgan fingerprint density at radius 3 is 2.95 bits per heavy atom. The Labute approximate surface area is 125 Å². The highest BCUT2D eigenvalue weighted by atomic mass is 16.1. The lowest BCUT2D eigenvalue weighted by atomic mass is 9.92. The Hall–Kier alpha value is -1.96. The molecule has 1 aromatic heterocycles. The van der Waals surface area contributed by atoms with Crippen LogP contribution in [0, 0.1) is 18.8 Å². The average molecular weight is 277 g/mol. The highest BCUT2D eigenvalue weighted by molar-refractivity contribution is 5.87. The van der Waals surface area contributed by atoms with Gasteiger partial charge in [-0.2, -0.15) is 0 Å². The molecule has 106 valence electrons. The maximum Gasteiger partial charge on any atom is 0.142 e. The summed E-state index contributed by atoms with van der Waals surface area (Å²) < 4.78 is 0. The minimum atomic E-state index is 0.232. The van der Waals surface area contributed by atoms with Gasteiger partial charge in [-0.1, -0.05) is 30.3 Å². The van der Waals surface area contributed by atoms with Crippen molar-refractivity contribution in [1.29, 1.82) is 0 Å². The Morgan fingerprint density at radius 2 is 2.10 bits per heavy atom. The van der Waals surface area contributed by atoms with Crippen LogP contribution in [-0.2, 0) is 17.6 Å². The number of pyridine rings is 1. The van der Waals surface area contributed by atoms with E-state index >= 15 is 0 Å². The maximum absolute atomic E-state index is 12.7. The molecule has 21 heavy (non-hydrogen) atoms. The minimum Gasteiger partial charge on any atom is -0.299 e. The van der Waals surface area contributed by atoms with Crippen molar-refractivity contribution in [2.24, 2.45) is 11.8 Å². The molecule has 2 nitrogen and oxygen atoms in total. The quantitative estimate of drug-likeness (QED) is 0.859. The summed E-state index contributed by atoms with van der Waals surface area (Å²) in [5, 5.41) is 0. The molecule has 0 amide bonds. The Kier molecular flexibility index (Phi) is 2.91. The van der Waals surface area contributed by atoms with Crippen LogP contribution in [0.4, 0.5) is 0 Å². The highest BCUT2D eigenvalue weighted by Gasteiger charge is 2.56. The molecule has 0 aliphatic heterocycles. The van der Waals surface area contributed by atoms with Crippen LogP contribution < -0.4 is 0 Å². The fourth-order valence-electron chi connectivity index (χ4n) is 3.99. The van der Waals surface area contributed by atoms with Gasteiger partial charge in [-0.25, -0.2) is 0 Å². The first kappa shape index (κ1) is 12.8. The summed E-state index contributed by atoms with van der Waals surface area (Å²) in [5.41, 5.74) is 4.93. The lowest BCUT2D eigenvalue weighted by Gasteiger charge is -2.13. The van der Waals surface area contributed by atoms with Crippen LogP contribution in [-0.4, -0.2) is 10.8 Å².